The Bertz CT molecular complexity index is 675. The number of aryl methyl sites for hydroxylation is 1. The molecular formula is C17H22N4O3. The lowest BCUT2D eigenvalue weighted by atomic mass is 9.93. The van der Waals surface area contributed by atoms with Crippen molar-refractivity contribution in [1.82, 2.24) is 15.5 Å². The zero-order valence-corrected chi connectivity index (χ0v) is 13.7. The Morgan fingerprint density at radius 1 is 1.21 bits per heavy atom. The summed E-state index contributed by atoms with van der Waals surface area (Å²) in [5.74, 6) is 1.08. The predicted octanol–water partition coefficient (Wildman–Crippen LogP) is 2.72. The number of hydrogen-bond donors (Lipinski definition) is 3. The van der Waals surface area contributed by atoms with Crippen molar-refractivity contribution < 1.29 is 14.3 Å². The van der Waals surface area contributed by atoms with E-state index in [1.54, 1.807) is 12.1 Å². The van der Waals surface area contributed by atoms with E-state index in [1.165, 1.54) is 0 Å². The number of urea groups is 1. The van der Waals surface area contributed by atoms with E-state index in [-0.39, 0.29) is 18.2 Å². The first-order valence-electron chi connectivity index (χ1n) is 8.32. The number of aliphatic hydroxyl groups is 1. The van der Waals surface area contributed by atoms with Crippen LogP contribution in [-0.2, 0) is 6.42 Å². The molecule has 0 saturated heterocycles. The third-order valence-electron chi connectivity index (χ3n) is 4.19. The fourth-order valence-corrected chi connectivity index (χ4v) is 2.78. The molecule has 0 spiro atoms. The van der Waals surface area contributed by atoms with Crippen LogP contribution in [0.25, 0.3) is 11.5 Å². The number of carbonyl (C=O) groups is 1. The van der Waals surface area contributed by atoms with Crippen LogP contribution < -0.4 is 10.6 Å². The average molecular weight is 330 g/mol. The fraction of sp³-hybridized carbons (Fsp3) is 0.471. The van der Waals surface area contributed by atoms with Crippen molar-refractivity contribution in [2.45, 2.75) is 51.2 Å². The van der Waals surface area contributed by atoms with Gasteiger partial charge in [0.25, 0.3) is 0 Å². The van der Waals surface area contributed by atoms with E-state index < -0.39 is 0 Å². The molecule has 24 heavy (non-hydrogen) atoms. The van der Waals surface area contributed by atoms with Gasteiger partial charge in [0.1, 0.15) is 0 Å². The number of aromatic nitrogens is 2. The van der Waals surface area contributed by atoms with Gasteiger partial charge in [-0.15, -0.1) is 10.2 Å². The molecule has 0 radical (unpaired) electrons. The summed E-state index contributed by atoms with van der Waals surface area (Å²) in [5.41, 5.74) is 1.51. The van der Waals surface area contributed by atoms with Gasteiger partial charge in [-0.1, -0.05) is 6.92 Å². The molecule has 1 heterocycles. The van der Waals surface area contributed by atoms with Crippen molar-refractivity contribution in [1.29, 1.82) is 0 Å². The van der Waals surface area contributed by atoms with E-state index in [9.17, 15) is 9.90 Å². The summed E-state index contributed by atoms with van der Waals surface area (Å²) in [6.07, 6.45) is 3.57. The SMILES string of the molecule is CCc1nnc(-c2ccc(NC(=O)NC3CCC(O)CC3)cc2)o1. The lowest BCUT2D eigenvalue weighted by Gasteiger charge is -2.26. The Balaban J connectivity index is 1.54. The number of anilines is 1. The van der Waals surface area contributed by atoms with Gasteiger partial charge in [-0.05, 0) is 49.9 Å². The Kier molecular flexibility index (Phi) is 5.10. The molecule has 2 aromatic rings. The molecule has 128 valence electrons. The summed E-state index contributed by atoms with van der Waals surface area (Å²) in [7, 11) is 0. The molecule has 1 aromatic heterocycles. The highest BCUT2D eigenvalue weighted by Crippen LogP contribution is 2.21. The molecule has 1 aromatic carbocycles. The van der Waals surface area contributed by atoms with Gasteiger partial charge in [-0.2, -0.15) is 0 Å². The summed E-state index contributed by atoms with van der Waals surface area (Å²) < 4.78 is 5.51. The number of aliphatic hydroxyl groups excluding tert-OH is 1. The Labute approximate surface area is 140 Å². The first-order valence-corrected chi connectivity index (χ1v) is 8.32. The van der Waals surface area contributed by atoms with Gasteiger partial charge in [0, 0.05) is 23.7 Å². The number of carbonyl (C=O) groups excluding carboxylic acids is 1. The molecule has 3 rings (SSSR count). The van der Waals surface area contributed by atoms with E-state index in [4.69, 9.17) is 4.42 Å². The summed E-state index contributed by atoms with van der Waals surface area (Å²) in [5, 5.41) is 23.2. The largest absolute Gasteiger partial charge is 0.421 e. The first-order chi connectivity index (χ1) is 11.6. The van der Waals surface area contributed by atoms with Crippen molar-refractivity contribution >= 4 is 11.7 Å². The molecule has 0 bridgehead atoms. The van der Waals surface area contributed by atoms with Crippen LogP contribution in [0, 0.1) is 0 Å². The van der Waals surface area contributed by atoms with E-state index in [0.717, 1.165) is 31.2 Å². The van der Waals surface area contributed by atoms with Crippen LogP contribution >= 0.6 is 0 Å². The van der Waals surface area contributed by atoms with E-state index >= 15 is 0 Å². The lowest BCUT2D eigenvalue weighted by Crippen LogP contribution is -2.40. The Morgan fingerprint density at radius 2 is 1.92 bits per heavy atom. The second kappa shape index (κ2) is 7.44. The molecule has 0 atom stereocenters. The molecule has 1 aliphatic rings. The molecule has 1 fully saturated rings. The lowest BCUT2D eigenvalue weighted by molar-refractivity contribution is 0.118. The van der Waals surface area contributed by atoms with Crippen molar-refractivity contribution in [3.05, 3.63) is 30.2 Å². The number of nitrogens with zero attached hydrogens (tertiary/aromatic N) is 2. The summed E-state index contributed by atoms with van der Waals surface area (Å²) in [4.78, 5) is 12.0. The van der Waals surface area contributed by atoms with Gasteiger partial charge in [-0.3, -0.25) is 0 Å². The minimum atomic E-state index is -0.227. The Hall–Kier alpha value is -2.41. The van der Waals surface area contributed by atoms with Crippen molar-refractivity contribution in [2.75, 3.05) is 5.32 Å². The molecule has 3 N–H and O–H groups in total. The molecule has 7 nitrogen and oxygen atoms in total. The molecule has 1 aliphatic carbocycles. The van der Waals surface area contributed by atoms with Crippen molar-refractivity contribution in [3.63, 3.8) is 0 Å². The van der Waals surface area contributed by atoms with Crippen LogP contribution in [-0.4, -0.2) is 33.5 Å². The summed E-state index contributed by atoms with van der Waals surface area (Å²) >= 11 is 0. The summed E-state index contributed by atoms with van der Waals surface area (Å²) in [6.45, 7) is 1.95. The number of rotatable bonds is 4. The number of nitrogens with one attached hydrogen (secondary N) is 2. The van der Waals surface area contributed by atoms with Crippen LogP contribution in [0.4, 0.5) is 10.5 Å². The van der Waals surface area contributed by atoms with Gasteiger partial charge in [-0.25, -0.2) is 4.79 Å². The first kappa shape index (κ1) is 16.4. The van der Waals surface area contributed by atoms with Crippen LogP contribution in [0.1, 0.15) is 38.5 Å². The monoisotopic (exact) mass is 330 g/mol. The molecular weight excluding hydrogens is 308 g/mol. The predicted molar refractivity (Wildman–Crippen MR) is 89.5 cm³/mol. The number of amides is 2. The van der Waals surface area contributed by atoms with Gasteiger partial charge in [0.05, 0.1) is 6.10 Å². The quantitative estimate of drug-likeness (QED) is 0.800. The van der Waals surface area contributed by atoms with E-state index in [1.807, 2.05) is 19.1 Å². The highest BCUT2D eigenvalue weighted by atomic mass is 16.4. The van der Waals surface area contributed by atoms with E-state index in [2.05, 4.69) is 20.8 Å². The minimum Gasteiger partial charge on any atom is -0.421 e. The smallest absolute Gasteiger partial charge is 0.319 e. The fourth-order valence-electron chi connectivity index (χ4n) is 2.78. The van der Waals surface area contributed by atoms with Crippen molar-refractivity contribution in [2.24, 2.45) is 0 Å². The van der Waals surface area contributed by atoms with Crippen LogP contribution in [0.5, 0.6) is 0 Å². The van der Waals surface area contributed by atoms with Crippen LogP contribution in [0.3, 0.4) is 0 Å². The maximum Gasteiger partial charge on any atom is 0.319 e. The van der Waals surface area contributed by atoms with Crippen molar-refractivity contribution in [3.8, 4) is 11.5 Å². The average Bonchev–Trinajstić information content (AvgIpc) is 3.07. The maximum atomic E-state index is 12.0. The molecule has 1 saturated carbocycles. The molecule has 7 heteroatoms. The summed E-state index contributed by atoms with van der Waals surface area (Å²) in [6, 6.07) is 7.16. The highest BCUT2D eigenvalue weighted by Gasteiger charge is 2.20. The zero-order chi connectivity index (χ0) is 16.9. The van der Waals surface area contributed by atoms with Crippen LogP contribution in [0.2, 0.25) is 0 Å². The van der Waals surface area contributed by atoms with Crippen LogP contribution in [0.15, 0.2) is 28.7 Å². The second-order valence-electron chi connectivity index (χ2n) is 6.04. The minimum absolute atomic E-state index is 0.124. The second-order valence-corrected chi connectivity index (χ2v) is 6.04. The standard InChI is InChI=1S/C17H22N4O3/c1-2-15-20-21-16(24-15)11-3-5-12(6-4-11)18-17(23)19-13-7-9-14(22)10-8-13/h3-6,13-14,22H,2,7-10H2,1H3,(H2,18,19,23). The van der Waals surface area contributed by atoms with Gasteiger partial charge < -0.3 is 20.2 Å². The highest BCUT2D eigenvalue weighted by molar-refractivity contribution is 5.89. The topological polar surface area (TPSA) is 100 Å². The normalized spacial score (nSPS) is 20.6. The third kappa shape index (κ3) is 4.11. The number of hydrogen-bond acceptors (Lipinski definition) is 5. The van der Waals surface area contributed by atoms with Gasteiger partial charge >= 0.3 is 6.03 Å². The third-order valence-corrected chi connectivity index (χ3v) is 4.19. The molecule has 0 unspecified atom stereocenters. The zero-order valence-electron chi connectivity index (χ0n) is 13.7. The molecule has 0 aliphatic heterocycles. The Morgan fingerprint density at radius 3 is 2.54 bits per heavy atom. The molecule has 2 amide bonds. The van der Waals surface area contributed by atoms with Gasteiger partial charge in [0.15, 0.2) is 0 Å². The maximum absolute atomic E-state index is 12.0. The van der Waals surface area contributed by atoms with E-state index in [0.29, 0.717) is 23.9 Å². The number of benzene rings is 1. The van der Waals surface area contributed by atoms with Gasteiger partial charge in [0.2, 0.25) is 11.8 Å².